The Balaban J connectivity index is 1.57. The van der Waals surface area contributed by atoms with Crippen molar-refractivity contribution >= 4 is 23.8 Å². The third-order valence-electron chi connectivity index (χ3n) is 8.56. The summed E-state index contributed by atoms with van der Waals surface area (Å²) >= 11 is 0. The van der Waals surface area contributed by atoms with Gasteiger partial charge in [0, 0.05) is 13.1 Å². The molecule has 4 aromatic carbocycles. The van der Waals surface area contributed by atoms with Crippen molar-refractivity contribution in [3.05, 3.63) is 143 Å². The number of benzene rings is 4. The average Bonchev–Trinajstić information content (AvgIpc) is 3.17. The summed E-state index contributed by atoms with van der Waals surface area (Å²) in [6, 6.07) is 31.2. The monoisotopic (exact) mass is 634 g/mol. The summed E-state index contributed by atoms with van der Waals surface area (Å²) in [5.74, 6) is -2.56. The van der Waals surface area contributed by atoms with Crippen molar-refractivity contribution in [2.45, 2.75) is 50.5 Å². The van der Waals surface area contributed by atoms with Crippen molar-refractivity contribution in [3.63, 3.8) is 0 Å². The standard InChI is InChI=1S/C38H38N2O7/c1-46-37(44)30-17-9-15-28(21-30)24-39-32(20-19-26-11-5-3-6-12-26)34(41)33(23-27-13-7-4-8-14-27)40(36(43)35(39)42)25-29-16-10-18-31(22-29)38(45)47-2/h3-18,21-22,32-34,41H,19-20,23-25H2,1-2H3/t32-,33-,34-/m1/s1. The third-order valence-corrected chi connectivity index (χ3v) is 8.56. The van der Waals surface area contributed by atoms with E-state index in [1.165, 1.54) is 24.0 Å². The topological polar surface area (TPSA) is 113 Å². The highest BCUT2D eigenvalue weighted by Crippen LogP contribution is 2.29. The summed E-state index contributed by atoms with van der Waals surface area (Å²) in [4.78, 5) is 56.0. The first-order valence-corrected chi connectivity index (χ1v) is 15.5. The summed E-state index contributed by atoms with van der Waals surface area (Å²) in [5.41, 5.74) is 3.78. The van der Waals surface area contributed by atoms with E-state index in [1.54, 1.807) is 48.5 Å². The van der Waals surface area contributed by atoms with Crippen LogP contribution in [-0.4, -0.2) is 71.1 Å². The van der Waals surface area contributed by atoms with Gasteiger partial charge in [0.1, 0.15) is 0 Å². The molecule has 0 aliphatic carbocycles. The number of amides is 2. The van der Waals surface area contributed by atoms with Gasteiger partial charge < -0.3 is 24.4 Å². The highest BCUT2D eigenvalue weighted by molar-refractivity contribution is 6.35. The molecular weight excluding hydrogens is 596 g/mol. The van der Waals surface area contributed by atoms with Crippen molar-refractivity contribution in [2.75, 3.05) is 14.2 Å². The second-order valence-corrected chi connectivity index (χ2v) is 11.6. The maximum absolute atomic E-state index is 14.3. The minimum absolute atomic E-state index is 0.00432. The van der Waals surface area contributed by atoms with Crippen LogP contribution in [0.1, 0.15) is 49.4 Å². The van der Waals surface area contributed by atoms with Crippen LogP contribution in [0.4, 0.5) is 0 Å². The molecule has 1 heterocycles. The molecule has 4 aromatic rings. The van der Waals surface area contributed by atoms with Crippen molar-refractivity contribution in [1.29, 1.82) is 0 Å². The Morgan fingerprint density at radius 1 is 0.617 bits per heavy atom. The van der Waals surface area contributed by atoms with Crippen molar-refractivity contribution in [1.82, 2.24) is 9.80 Å². The molecule has 9 heteroatoms. The third kappa shape index (κ3) is 7.93. The summed E-state index contributed by atoms with van der Waals surface area (Å²) < 4.78 is 9.77. The van der Waals surface area contributed by atoms with E-state index < -0.39 is 41.9 Å². The lowest BCUT2D eigenvalue weighted by Crippen LogP contribution is -2.51. The molecule has 0 saturated carbocycles. The molecule has 1 fully saturated rings. The molecule has 242 valence electrons. The zero-order chi connectivity index (χ0) is 33.3. The maximum Gasteiger partial charge on any atom is 0.337 e. The quantitative estimate of drug-likeness (QED) is 0.190. The molecule has 1 aliphatic rings. The van der Waals surface area contributed by atoms with Crippen LogP contribution in [0, 0.1) is 0 Å². The van der Waals surface area contributed by atoms with E-state index in [2.05, 4.69) is 0 Å². The van der Waals surface area contributed by atoms with Crippen LogP contribution in [0.25, 0.3) is 0 Å². The van der Waals surface area contributed by atoms with E-state index >= 15 is 0 Å². The van der Waals surface area contributed by atoms with Crippen LogP contribution >= 0.6 is 0 Å². The largest absolute Gasteiger partial charge is 0.465 e. The molecule has 0 spiro atoms. The molecule has 2 amide bonds. The smallest absolute Gasteiger partial charge is 0.337 e. The number of nitrogens with zero attached hydrogens (tertiary/aromatic N) is 2. The molecule has 0 radical (unpaired) electrons. The van der Waals surface area contributed by atoms with Crippen molar-refractivity contribution in [2.24, 2.45) is 0 Å². The molecule has 0 bridgehead atoms. The Morgan fingerprint density at radius 2 is 1.06 bits per heavy atom. The van der Waals surface area contributed by atoms with Gasteiger partial charge in [-0.15, -0.1) is 0 Å². The zero-order valence-electron chi connectivity index (χ0n) is 26.5. The molecule has 1 saturated heterocycles. The summed E-state index contributed by atoms with van der Waals surface area (Å²) in [7, 11) is 2.59. The highest BCUT2D eigenvalue weighted by atomic mass is 16.5. The average molecular weight is 635 g/mol. The molecule has 9 nitrogen and oxygen atoms in total. The normalized spacial score (nSPS) is 18.1. The predicted octanol–water partition coefficient (Wildman–Crippen LogP) is 4.60. The first-order chi connectivity index (χ1) is 22.8. The number of rotatable bonds is 11. The van der Waals surface area contributed by atoms with E-state index in [1.807, 2.05) is 60.7 Å². The summed E-state index contributed by atoms with van der Waals surface area (Å²) in [6.07, 6.45) is 0.104. The van der Waals surface area contributed by atoms with Crippen LogP contribution in [0.15, 0.2) is 109 Å². The van der Waals surface area contributed by atoms with Crippen molar-refractivity contribution in [3.8, 4) is 0 Å². The number of hydrogen-bond donors (Lipinski definition) is 1. The number of aliphatic hydroxyl groups is 1. The molecule has 1 aliphatic heterocycles. The first kappa shape index (κ1) is 33.1. The van der Waals surface area contributed by atoms with Gasteiger partial charge >= 0.3 is 23.8 Å². The number of carbonyl (C=O) groups is 4. The lowest BCUT2D eigenvalue weighted by atomic mass is 9.91. The van der Waals surface area contributed by atoms with Crippen LogP contribution in [-0.2, 0) is 45.0 Å². The lowest BCUT2D eigenvalue weighted by Gasteiger charge is -2.37. The van der Waals surface area contributed by atoms with E-state index in [0.717, 1.165) is 11.1 Å². The molecule has 3 atom stereocenters. The SMILES string of the molecule is COC(=O)c1cccc(CN2C(=O)C(=O)N(Cc3cccc(C(=O)OC)c3)[C@H](Cc3ccccc3)[C@H](O)[C@H]2CCc2ccccc2)c1. The van der Waals surface area contributed by atoms with Gasteiger partial charge in [0.15, 0.2) is 0 Å². The van der Waals surface area contributed by atoms with Gasteiger partial charge in [0.25, 0.3) is 0 Å². The number of methoxy groups -OCH3 is 2. The highest BCUT2D eigenvalue weighted by Gasteiger charge is 2.46. The van der Waals surface area contributed by atoms with Crippen molar-refractivity contribution < 1.29 is 33.8 Å². The fraction of sp³-hybridized carbons (Fsp3) is 0.263. The van der Waals surface area contributed by atoms with E-state index in [4.69, 9.17) is 9.47 Å². The van der Waals surface area contributed by atoms with Crippen LogP contribution < -0.4 is 0 Å². The van der Waals surface area contributed by atoms with Gasteiger partial charge in [0.05, 0.1) is 43.5 Å². The molecule has 0 aromatic heterocycles. The second-order valence-electron chi connectivity index (χ2n) is 11.6. The van der Waals surface area contributed by atoms with Crippen LogP contribution in [0.3, 0.4) is 0 Å². The van der Waals surface area contributed by atoms with Gasteiger partial charge in [-0.05, 0) is 65.8 Å². The molecular formula is C38H38N2O7. The number of esters is 2. The fourth-order valence-corrected chi connectivity index (χ4v) is 6.14. The zero-order valence-corrected chi connectivity index (χ0v) is 26.5. The lowest BCUT2D eigenvalue weighted by molar-refractivity contribution is -0.152. The molecule has 5 rings (SSSR count). The Kier molecular flexibility index (Phi) is 10.8. The van der Waals surface area contributed by atoms with Crippen LogP contribution in [0.2, 0.25) is 0 Å². The van der Waals surface area contributed by atoms with E-state index in [-0.39, 0.29) is 13.1 Å². The Hall–Kier alpha value is -5.28. The van der Waals surface area contributed by atoms with Crippen LogP contribution in [0.5, 0.6) is 0 Å². The van der Waals surface area contributed by atoms with Gasteiger partial charge in [-0.1, -0.05) is 84.9 Å². The minimum Gasteiger partial charge on any atom is -0.465 e. The van der Waals surface area contributed by atoms with E-state index in [9.17, 15) is 24.3 Å². The predicted molar refractivity (Wildman–Crippen MR) is 175 cm³/mol. The molecule has 1 N–H and O–H groups in total. The van der Waals surface area contributed by atoms with Gasteiger partial charge in [-0.2, -0.15) is 0 Å². The first-order valence-electron chi connectivity index (χ1n) is 15.5. The Bertz CT molecular complexity index is 1710. The van der Waals surface area contributed by atoms with Gasteiger partial charge in [-0.3, -0.25) is 9.59 Å². The Morgan fingerprint density at radius 3 is 1.55 bits per heavy atom. The van der Waals surface area contributed by atoms with Gasteiger partial charge in [0.2, 0.25) is 0 Å². The number of ether oxygens (including phenoxy) is 2. The maximum atomic E-state index is 14.3. The summed E-state index contributed by atoms with van der Waals surface area (Å²) in [5, 5.41) is 12.3. The number of aliphatic hydroxyl groups excluding tert-OH is 1. The molecule has 47 heavy (non-hydrogen) atoms. The van der Waals surface area contributed by atoms with Gasteiger partial charge in [-0.25, -0.2) is 9.59 Å². The number of carbonyl (C=O) groups excluding carboxylic acids is 4. The van der Waals surface area contributed by atoms with E-state index in [0.29, 0.717) is 41.5 Å². The second kappa shape index (κ2) is 15.3. The number of hydrogen-bond acceptors (Lipinski definition) is 7. The number of aryl methyl sites for hydroxylation is 1. The minimum atomic E-state index is -1.14. The fourth-order valence-electron chi connectivity index (χ4n) is 6.14. The molecule has 0 unspecified atom stereocenters. The summed E-state index contributed by atoms with van der Waals surface area (Å²) in [6.45, 7) is -0.0172. The Labute approximate surface area is 274 Å².